The molecule has 0 aliphatic carbocycles. The molecule has 0 saturated heterocycles. The smallest absolute Gasteiger partial charge is 0.268 e. The number of benzene rings is 2. The van der Waals surface area contributed by atoms with Crippen molar-refractivity contribution in [3.05, 3.63) is 76.5 Å². The Balaban J connectivity index is 1.49. The van der Waals surface area contributed by atoms with Gasteiger partial charge < -0.3 is 10.1 Å². The van der Waals surface area contributed by atoms with Gasteiger partial charge in [-0.2, -0.15) is 5.10 Å². The van der Waals surface area contributed by atoms with Gasteiger partial charge in [-0.1, -0.05) is 24.3 Å². The van der Waals surface area contributed by atoms with Crippen molar-refractivity contribution in [2.45, 2.75) is 19.6 Å². The van der Waals surface area contributed by atoms with Crippen molar-refractivity contribution in [1.82, 2.24) is 15.1 Å². The number of likely N-dealkylation sites (N-methyl/N-ethyl adjacent to an activating group) is 1. The van der Waals surface area contributed by atoms with Crippen LogP contribution in [0.3, 0.4) is 0 Å². The van der Waals surface area contributed by atoms with Gasteiger partial charge in [0.25, 0.3) is 11.8 Å². The number of halogens is 1. The third-order valence-corrected chi connectivity index (χ3v) is 6.76. The third kappa shape index (κ3) is 3.84. The molecule has 2 amide bonds. The number of thiophene rings is 1. The minimum atomic E-state index is -0.793. The van der Waals surface area contributed by atoms with Crippen molar-refractivity contribution in [3.8, 4) is 5.75 Å². The molecule has 0 radical (unpaired) electrons. The highest BCUT2D eigenvalue weighted by Crippen LogP contribution is 2.36. The predicted molar refractivity (Wildman–Crippen MR) is 124 cm³/mol. The topological polar surface area (TPSA) is 76.5 Å². The second kappa shape index (κ2) is 8.32. The van der Waals surface area contributed by atoms with E-state index in [9.17, 15) is 14.0 Å². The van der Waals surface area contributed by atoms with Crippen molar-refractivity contribution < 1.29 is 18.7 Å². The van der Waals surface area contributed by atoms with Crippen LogP contribution in [0.5, 0.6) is 5.75 Å². The molecule has 4 aromatic rings. The number of anilines is 1. The second-order valence-electron chi connectivity index (χ2n) is 7.80. The summed E-state index contributed by atoms with van der Waals surface area (Å²) < 4.78 is 20.9. The van der Waals surface area contributed by atoms with Gasteiger partial charge in [0.2, 0.25) is 0 Å². The third-order valence-electron chi connectivity index (χ3n) is 5.62. The van der Waals surface area contributed by atoms with Gasteiger partial charge in [-0.05, 0) is 42.8 Å². The Morgan fingerprint density at radius 3 is 2.73 bits per heavy atom. The van der Waals surface area contributed by atoms with E-state index in [0.717, 1.165) is 21.5 Å². The van der Waals surface area contributed by atoms with E-state index in [4.69, 9.17) is 4.74 Å². The number of hydrogen-bond donors (Lipinski definition) is 1. The lowest BCUT2D eigenvalue weighted by Crippen LogP contribution is -2.50. The van der Waals surface area contributed by atoms with Crippen LogP contribution >= 0.6 is 11.3 Å². The Bertz CT molecular complexity index is 1360. The molecule has 1 aliphatic rings. The van der Waals surface area contributed by atoms with E-state index in [2.05, 4.69) is 10.4 Å². The molecule has 0 fully saturated rings. The summed E-state index contributed by atoms with van der Waals surface area (Å²) in [4.78, 5) is 28.8. The monoisotopic (exact) mass is 464 g/mol. The fraction of sp³-hybridized carbons (Fsp3) is 0.208. The summed E-state index contributed by atoms with van der Waals surface area (Å²) in [6.07, 6.45) is -0.793. The zero-order valence-electron chi connectivity index (χ0n) is 18.0. The first-order valence-electron chi connectivity index (χ1n) is 10.4. The largest absolute Gasteiger partial charge is 0.477 e. The number of fused-ring (bicyclic) bond motifs is 2. The quantitative estimate of drug-likeness (QED) is 0.499. The van der Waals surface area contributed by atoms with Crippen LogP contribution in [0, 0.1) is 12.7 Å². The van der Waals surface area contributed by atoms with Gasteiger partial charge in [-0.25, -0.2) is 4.39 Å². The van der Waals surface area contributed by atoms with Crippen LogP contribution in [-0.4, -0.2) is 41.3 Å². The SMILES string of the molecule is CNC(=O)[C@@H]1CN(C(=O)c2cc3c(C)nn(Cc4ccc(F)cc4)c3s2)c2ccccc2O1. The summed E-state index contributed by atoms with van der Waals surface area (Å²) in [5, 5.41) is 8.09. The van der Waals surface area contributed by atoms with Crippen molar-refractivity contribution in [2.75, 3.05) is 18.5 Å². The Morgan fingerprint density at radius 2 is 1.97 bits per heavy atom. The van der Waals surface area contributed by atoms with E-state index in [-0.39, 0.29) is 24.2 Å². The molecular formula is C24H21FN4O3S. The first-order chi connectivity index (χ1) is 15.9. The number of nitrogens with zero attached hydrogens (tertiary/aromatic N) is 3. The Hall–Kier alpha value is -3.72. The first-order valence-corrected chi connectivity index (χ1v) is 11.3. The summed E-state index contributed by atoms with van der Waals surface area (Å²) in [5.74, 6) is -0.283. The lowest BCUT2D eigenvalue weighted by Gasteiger charge is -2.33. The molecule has 0 saturated carbocycles. The van der Waals surface area contributed by atoms with Gasteiger partial charge in [0.05, 0.1) is 29.3 Å². The van der Waals surface area contributed by atoms with Crippen molar-refractivity contribution in [1.29, 1.82) is 0 Å². The van der Waals surface area contributed by atoms with Crippen LogP contribution in [0.4, 0.5) is 10.1 Å². The molecule has 168 valence electrons. The van der Waals surface area contributed by atoms with E-state index in [1.807, 2.05) is 29.8 Å². The Labute approximate surface area is 193 Å². The van der Waals surface area contributed by atoms with Crippen LogP contribution in [0.1, 0.15) is 20.9 Å². The van der Waals surface area contributed by atoms with E-state index in [1.54, 1.807) is 36.2 Å². The maximum absolute atomic E-state index is 13.6. The number of aromatic nitrogens is 2. The van der Waals surface area contributed by atoms with Gasteiger partial charge in [0.1, 0.15) is 16.4 Å². The minimum absolute atomic E-state index is 0.116. The van der Waals surface area contributed by atoms with Gasteiger partial charge in [-0.3, -0.25) is 19.2 Å². The zero-order valence-corrected chi connectivity index (χ0v) is 18.9. The average Bonchev–Trinajstić information content (AvgIpc) is 3.40. The number of para-hydroxylation sites is 2. The van der Waals surface area contributed by atoms with Crippen LogP contribution in [-0.2, 0) is 11.3 Å². The van der Waals surface area contributed by atoms with E-state index in [1.165, 1.54) is 23.5 Å². The molecular weight excluding hydrogens is 443 g/mol. The van der Waals surface area contributed by atoms with Gasteiger partial charge in [0, 0.05) is 12.4 Å². The summed E-state index contributed by atoms with van der Waals surface area (Å²) >= 11 is 1.35. The highest BCUT2D eigenvalue weighted by Gasteiger charge is 2.34. The molecule has 1 aliphatic heterocycles. The fourth-order valence-electron chi connectivity index (χ4n) is 3.95. The molecule has 9 heteroatoms. The summed E-state index contributed by atoms with van der Waals surface area (Å²) in [5.41, 5.74) is 2.36. The number of ether oxygens (including phenoxy) is 1. The highest BCUT2D eigenvalue weighted by atomic mass is 32.1. The Morgan fingerprint density at radius 1 is 1.21 bits per heavy atom. The molecule has 0 bridgehead atoms. The molecule has 2 aromatic heterocycles. The number of carbonyl (C=O) groups is 2. The number of rotatable bonds is 4. The lowest BCUT2D eigenvalue weighted by molar-refractivity contribution is -0.127. The van der Waals surface area contributed by atoms with Gasteiger partial charge in [-0.15, -0.1) is 11.3 Å². The summed E-state index contributed by atoms with van der Waals surface area (Å²) in [6.45, 7) is 2.48. The first kappa shape index (κ1) is 21.1. The number of nitrogens with one attached hydrogen (secondary N) is 1. The number of aryl methyl sites for hydroxylation is 1. The van der Waals surface area contributed by atoms with Gasteiger partial charge >= 0.3 is 0 Å². The minimum Gasteiger partial charge on any atom is -0.477 e. The summed E-state index contributed by atoms with van der Waals surface area (Å²) in [6, 6.07) is 15.3. The van der Waals surface area contributed by atoms with Crippen LogP contribution in [0.25, 0.3) is 10.2 Å². The second-order valence-corrected chi connectivity index (χ2v) is 8.83. The molecule has 0 spiro atoms. The summed E-state index contributed by atoms with van der Waals surface area (Å²) in [7, 11) is 1.54. The molecule has 3 heterocycles. The molecule has 5 rings (SSSR count). The number of hydrogen-bond acceptors (Lipinski definition) is 5. The molecule has 2 aromatic carbocycles. The number of amides is 2. The molecule has 0 unspecified atom stereocenters. The zero-order chi connectivity index (χ0) is 23.1. The normalized spacial score (nSPS) is 15.2. The van der Waals surface area contributed by atoms with Crippen LogP contribution in [0.15, 0.2) is 54.6 Å². The van der Waals surface area contributed by atoms with Crippen molar-refractivity contribution in [3.63, 3.8) is 0 Å². The van der Waals surface area contributed by atoms with E-state index in [0.29, 0.717) is 22.9 Å². The van der Waals surface area contributed by atoms with Crippen molar-refractivity contribution in [2.24, 2.45) is 0 Å². The molecule has 7 nitrogen and oxygen atoms in total. The Kier molecular flexibility index (Phi) is 5.33. The van der Waals surface area contributed by atoms with E-state index >= 15 is 0 Å². The molecule has 33 heavy (non-hydrogen) atoms. The van der Waals surface area contributed by atoms with Crippen LogP contribution < -0.4 is 15.0 Å². The fourth-order valence-corrected chi connectivity index (χ4v) is 5.06. The van der Waals surface area contributed by atoms with Gasteiger partial charge in [0.15, 0.2) is 6.10 Å². The predicted octanol–water partition coefficient (Wildman–Crippen LogP) is 3.75. The van der Waals surface area contributed by atoms with Crippen molar-refractivity contribution >= 4 is 39.1 Å². The maximum Gasteiger partial charge on any atom is 0.268 e. The van der Waals surface area contributed by atoms with Crippen LogP contribution in [0.2, 0.25) is 0 Å². The van der Waals surface area contributed by atoms with E-state index < -0.39 is 6.10 Å². The lowest BCUT2D eigenvalue weighted by atomic mass is 10.1. The molecule has 1 atom stereocenters. The molecule has 1 N–H and O–H groups in total. The average molecular weight is 465 g/mol. The standard InChI is InChI=1S/C24H21FN4O3S/c1-14-17-11-21(33-24(17)29(27-14)12-15-7-9-16(25)10-8-15)23(31)28-13-20(22(30)26-2)32-19-6-4-3-5-18(19)28/h3-11,20H,12-13H2,1-2H3,(H,26,30)/t20-/m0/s1. The highest BCUT2D eigenvalue weighted by molar-refractivity contribution is 7.20. The number of carbonyl (C=O) groups excluding carboxylic acids is 2. The maximum atomic E-state index is 13.6.